The van der Waals surface area contributed by atoms with Crippen LogP contribution in [-0.2, 0) is 0 Å². The van der Waals surface area contributed by atoms with Crippen LogP contribution in [0.1, 0.15) is 17.0 Å². The summed E-state index contributed by atoms with van der Waals surface area (Å²) in [5.41, 5.74) is 3.49. The number of hydrogen-bond acceptors (Lipinski definition) is 4. The third kappa shape index (κ3) is 2.46. The van der Waals surface area contributed by atoms with Crippen molar-refractivity contribution in [3.05, 3.63) is 47.3 Å². The van der Waals surface area contributed by atoms with Crippen LogP contribution in [0.15, 0.2) is 30.3 Å². The molecule has 2 rings (SSSR count). The lowest BCUT2D eigenvalue weighted by molar-refractivity contribution is 0.986. The fraction of sp³-hybridized carbons (Fsp3) is 0.214. The Bertz CT molecular complexity index is 576. The zero-order chi connectivity index (χ0) is 13.1. The van der Waals surface area contributed by atoms with Crippen molar-refractivity contribution in [1.82, 2.24) is 9.97 Å². The Morgan fingerprint density at radius 3 is 2.11 bits per heavy atom. The van der Waals surface area contributed by atoms with Gasteiger partial charge in [0.2, 0.25) is 5.95 Å². The molecule has 1 aromatic carbocycles. The number of anilines is 2. The highest BCUT2D eigenvalue weighted by Crippen LogP contribution is 2.20. The minimum atomic E-state index is 0.647. The Kier molecular flexibility index (Phi) is 3.24. The number of rotatable bonds is 2. The number of benzene rings is 1. The van der Waals surface area contributed by atoms with Crippen LogP contribution in [-0.4, -0.2) is 17.0 Å². The van der Waals surface area contributed by atoms with Crippen LogP contribution in [0.25, 0.3) is 0 Å². The monoisotopic (exact) mass is 238 g/mol. The summed E-state index contributed by atoms with van der Waals surface area (Å²) in [6.07, 6.45) is 0. The first kappa shape index (κ1) is 12.1. The van der Waals surface area contributed by atoms with Gasteiger partial charge in [0.15, 0.2) is 0 Å². The van der Waals surface area contributed by atoms with Crippen LogP contribution in [0, 0.1) is 25.2 Å². The molecule has 1 aromatic heterocycles. The Labute approximate surface area is 107 Å². The van der Waals surface area contributed by atoms with Gasteiger partial charge in [0.1, 0.15) is 0 Å². The molecule has 0 fully saturated rings. The van der Waals surface area contributed by atoms with Crippen LogP contribution >= 0.6 is 0 Å². The summed E-state index contributed by atoms with van der Waals surface area (Å²) in [4.78, 5) is 10.7. The van der Waals surface area contributed by atoms with Gasteiger partial charge < -0.3 is 4.90 Å². The summed E-state index contributed by atoms with van der Waals surface area (Å²) < 4.78 is 0. The third-order valence-corrected chi connectivity index (χ3v) is 2.65. The van der Waals surface area contributed by atoms with E-state index < -0.39 is 0 Å². The van der Waals surface area contributed by atoms with Crippen molar-refractivity contribution in [2.45, 2.75) is 13.8 Å². The van der Waals surface area contributed by atoms with Crippen molar-refractivity contribution in [1.29, 1.82) is 5.26 Å². The lowest BCUT2D eigenvalue weighted by atomic mass is 10.2. The van der Waals surface area contributed by atoms with Crippen molar-refractivity contribution in [2.24, 2.45) is 0 Å². The highest BCUT2D eigenvalue weighted by molar-refractivity contribution is 5.57. The van der Waals surface area contributed by atoms with Gasteiger partial charge >= 0.3 is 0 Å². The number of hydrogen-bond donors (Lipinski definition) is 0. The topological polar surface area (TPSA) is 52.8 Å². The molecule has 4 heteroatoms. The second kappa shape index (κ2) is 4.84. The highest BCUT2D eigenvalue weighted by Gasteiger charge is 2.08. The van der Waals surface area contributed by atoms with Crippen LogP contribution in [0.5, 0.6) is 0 Å². The Morgan fingerprint density at radius 2 is 1.61 bits per heavy atom. The summed E-state index contributed by atoms with van der Waals surface area (Å²) in [5.74, 6) is 0.664. The van der Waals surface area contributed by atoms with Crippen LogP contribution in [0.2, 0.25) is 0 Å². The molecule has 90 valence electrons. The van der Waals surface area contributed by atoms with Gasteiger partial charge in [-0.15, -0.1) is 0 Å². The Hall–Kier alpha value is -2.41. The van der Waals surface area contributed by atoms with Gasteiger partial charge in [0.05, 0.1) is 11.6 Å². The molecule has 0 saturated carbocycles. The molecule has 0 radical (unpaired) electrons. The highest BCUT2D eigenvalue weighted by atomic mass is 15.2. The van der Waals surface area contributed by atoms with Gasteiger partial charge in [-0.25, -0.2) is 9.97 Å². The molecular formula is C14H14N4. The molecule has 2 aromatic rings. The summed E-state index contributed by atoms with van der Waals surface area (Å²) in [5, 5.41) is 8.77. The molecule has 0 spiro atoms. The molecule has 18 heavy (non-hydrogen) atoms. The van der Waals surface area contributed by atoms with Gasteiger partial charge in [-0.2, -0.15) is 5.26 Å². The SMILES string of the molecule is Cc1cc(C)nc(N(C)c2ccc(C#N)cc2)n1. The molecule has 0 unspecified atom stereocenters. The van der Waals surface area contributed by atoms with Gasteiger partial charge in [0, 0.05) is 24.1 Å². The lowest BCUT2D eigenvalue weighted by Crippen LogP contribution is -2.14. The van der Waals surface area contributed by atoms with Gasteiger partial charge in [-0.05, 0) is 44.2 Å². The van der Waals surface area contributed by atoms with E-state index >= 15 is 0 Å². The van der Waals surface area contributed by atoms with E-state index in [4.69, 9.17) is 5.26 Å². The first-order valence-electron chi connectivity index (χ1n) is 5.66. The predicted molar refractivity (Wildman–Crippen MR) is 70.7 cm³/mol. The smallest absolute Gasteiger partial charge is 0.230 e. The van der Waals surface area contributed by atoms with E-state index in [9.17, 15) is 0 Å². The largest absolute Gasteiger partial charge is 0.314 e. The quantitative estimate of drug-likeness (QED) is 0.807. The molecule has 0 amide bonds. The second-order valence-electron chi connectivity index (χ2n) is 4.17. The first-order valence-corrected chi connectivity index (χ1v) is 5.66. The molecule has 0 aliphatic heterocycles. The molecule has 0 N–H and O–H groups in total. The molecular weight excluding hydrogens is 224 g/mol. The zero-order valence-electron chi connectivity index (χ0n) is 10.7. The second-order valence-corrected chi connectivity index (χ2v) is 4.17. The first-order chi connectivity index (χ1) is 8.60. The van der Waals surface area contributed by atoms with Gasteiger partial charge in [-0.3, -0.25) is 0 Å². The molecule has 1 heterocycles. The average Bonchev–Trinajstić information content (AvgIpc) is 2.37. The third-order valence-electron chi connectivity index (χ3n) is 2.65. The number of aryl methyl sites for hydroxylation is 2. The summed E-state index contributed by atoms with van der Waals surface area (Å²) in [7, 11) is 1.91. The minimum Gasteiger partial charge on any atom is -0.314 e. The normalized spacial score (nSPS) is 9.89. The van der Waals surface area contributed by atoms with Gasteiger partial charge in [-0.1, -0.05) is 0 Å². The Balaban J connectivity index is 2.35. The van der Waals surface area contributed by atoms with E-state index in [0.717, 1.165) is 17.1 Å². The van der Waals surface area contributed by atoms with Crippen molar-refractivity contribution in [3.63, 3.8) is 0 Å². The molecule has 4 nitrogen and oxygen atoms in total. The standard InChI is InChI=1S/C14H14N4/c1-10-8-11(2)17-14(16-10)18(3)13-6-4-12(9-15)5-7-13/h4-8H,1-3H3. The maximum absolute atomic E-state index is 8.77. The van der Waals surface area contributed by atoms with Crippen molar-refractivity contribution in [3.8, 4) is 6.07 Å². The van der Waals surface area contributed by atoms with E-state index in [0.29, 0.717) is 11.5 Å². The maximum Gasteiger partial charge on any atom is 0.230 e. The lowest BCUT2D eigenvalue weighted by Gasteiger charge is -2.17. The van der Waals surface area contributed by atoms with E-state index in [1.165, 1.54) is 0 Å². The molecule has 0 aliphatic carbocycles. The summed E-state index contributed by atoms with van der Waals surface area (Å²) >= 11 is 0. The fourth-order valence-corrected chi connectivity index (χ4v) is 1.73. The van der Waals surface area contributed by atoms with E-state index in [1.807, 2.05) is 44.0 Å². The minimum absolute atomic E-state index is 0.647. The number of nitriles is 1. The average molecular weight is 238 g/mol. The van der Waals surface area contributed by atoms with E-state index in [1.54, 1.807) is 12.1 Å². The fourth-order valence-electron chi connectivity index (χ4n) is 1.73. The summed E-state index contributed by atoms with van der Waals surface area (Å²) in [6, 6.07) is 11.4. The molecule has 0 bridgehead atoms. The Morgan fingerprint density at radius 1 is 1.06 bits per heavy atom. The summed E-state index contributed by atoms with van der Waals surface area (Å²) in [6.45, 7) is 3.90. The van der Waals surface area contributed by atoms with E-state index in [-0.39, 0.29) is 0 Å². The zero-order valence-corrected chi connectivity index (χ0v) is 10.7. The predicted octanol–water partition coefficient (Wildman–Crippen LogP) is 2.73. The van der Waals surface area contributed by atoms with Crippen LogP contribution < -0.4 is 4.90 Å². The molecule has 0 atom stereocenters. The van der Waals surface area contributed by atoms with E-state index in [2.05, 4.69) is 16.0 Å². The molecule has 0 aliphatic rings. The van der Waals surface area contributed by atoms with Crippen molar-refractivity contribution in [2.75, 3.05) is 11.9 Å². The van der Waals surface area contributed by atoms with Crippen molar-refractivity contribution < 1.29 is 0 Å². The number of nitrogens with zero attached hydrogens (tertiary/aromatic N) is 4. The van der Waals surface area contributed by atoms with Crippen LogP contribution in [0.4, 0.5) is 11.6 Å². The van der Waals surface area contributed by atoms with Crippen LogP contribution in [0.3, 0.4) is 0 Å². The number of aromatic nitrogens is 2. The van der Waals surface area contributed by atoms with Crippen molar-refractivity contribution >= 4 is 11.6 Å². The van der Waals surface area contributed by atoms with Gasteiger partial charge in [0.25, 0.3) is 0 Å². The molecule has 0 saturated heterocycles. The maximum atomic E-state index is 8.77.